The molecule has 2 aliphatic heterocycles. The van der Waals surface area contributed by atoms with E-state index in [4.69, 9.17) is 9.47 Å². The van der Waals surface area contributed by atoms with Crippen LogP contribution in [0.4, 0.5) is 15.3 Å². The summed E-state index contributed by atoms with van der Waals surface area (Å²) < 4.78 is 10.6. The molecule has 4 rings (SSSR count). The van der Waals surface area contributed by atoms with Crippen molar-refractivity contribution in [3.05, 3.63) is 29.3 Å². The molecule has 1 atom stereocenters. The van der Waals surface area contributed by atoms with Gasteiger partial charge in [0.25, 0.3) is 0 Å². The first kappa shape index (κ1) is 19.9. The van der Waals surface area contributed by atoms with Gasteiger partial charge in [-0.2, -0.15) is 0 Å². The zero-order chi connectivity index (χ0) is 20.6. The van der Waals surface area contributed by atoms with Crippen molar-refractivity contribution in [2.24, 2.45) is 0 Å². The Bertz CT molecular complexity index is 781. The van der Waals surface area contributed by atoms with Crippen LogP contribution in [0, 0.1) is 0 Å². The third kappa shape index (κ3) is 4.60. The molecule has 2 N–H and O–H groups in total. The molecule has 0 radical (unpaired) electrons. The van der Waals surface area contributed by atoms with Crippen LogP contribution in [-0.2, 0) is 22.4 Å². The predicted octanol–water partition coefficient (Wildman–Crippen LogP) is 3.81. The van der Waals surface area contributed by atoms with E-state index in [0.717, 1.165) is 32.1 Å². The van der Waals surface area contributed by atoms with E-state index in [1.807, 2.05) is 25.7 Å². The van der Waals surface area contributed by atoms with Crippen molar-refractivity contribution in [2.75, 3.05) is 11.9 Å². The Balaban J connectivity index is 1.33. The van der Waals surface area contributed by atoms with Crippen molar-refractivity contribution >= 4 is 17.9 Å². The second-order valence-electron chi connectivity index (χ2n) is 9.35. The molecule has 1 saturated carbocycles. The normalized spacial score (nSPS) is 26.2. The van der Waals surface area contributed by atoms with Gasteiger partial charge in [0.05, 0.1) is 6.04 Å². The molecule has 2 fully saturated rings. The quantitative estimate of drug-likeness (QED) is 0.805. The molecule has 2 heterocycles. The number of hydrogen-bond acceptors (Lipinski definition) is 5. The zero-order valence-electron chi connectivity index (χ0n) is 17.5. The smallest absolute Gasteiger partial charge is 0.410 e. The number of benzene rings is 1. The number of nitrogens with zero attached hydrogens (tertiary/aromatic N) is 1. The molecule has 0 unspecified atom stereocenters. The highest BCUT2D eigenvalue weighted by Crippen LogP contribution is 2.33. The molecule has 29 heavy (non-hydrogen) atoms. The average Bonchev–Trinajstić information content (AvgIpc) is 3.01. The van der Waals surface area contributed by atoms with Crippen LogP contribution < -0.4 is 10.6 Å². The number of cyclic esters (lactones) is 1. The molecule has 1 aromatic rings. The molecule has 7 heteroatoms. The lowest BCUT2D eigenvalue weighted by Crippen LogP contribution is -2.42. The molecule has 158 valence electrons. The summed E-state index contributed by atoms with van der Waals surface area (Å²) in [6.45, 7) is 6.73. The van der Waals surface area contributed by atoms with Crippen LogP contribution in [0.3, 0.4) is 0 Å². The van der Waals surface area contributed by atoms with Gasteiger partial charge in [-0.25, -0.2) is 9.59 Å². The van der Waals surface area contributed by atoms with Crippen LogP contribution in [0.25, 0.3) is 0 Å². The molecule has 0 bridgehead atoms. The fourth-order valence-corrected chi connectivity index (χ4v) is 4.51. The van der Waals surface area contributed by atoms with Crippen molar-refractivity contribution in [1.82, 2.24) is 10.2 Å². The van der Waals surface area contributed by atoms with Gasteiger partial charge in [0.2, 0.25) is 0 Å². The van der Waals surface area contributed by atoms with Crippen molar-refractivity contribution in [2.45, 2.75) is 83.1 Å². The summed E-state index contributed by atoms with van der Waals surface area (Å²) >= 11 is 0. The summed E-state index contributed by atoms with van der Waals surface area (Å²) in [6.07, 6.45) is 4.18. The van der Waals surface area contributed by atoms with Crippen molar-refractivity contribution < 1.29 is 19.1 Å². The third-order valence-electron chi connectivity index (χ3n) is 5.94. The van der Waals surface area contributed by atoms with Gasteiger partial charge in [-0.1, -0.05) is 12.1 Å². The van der Waals surface area contributed by atoms with Crippen LogP contribution in [0.15, 0.2) is 18.2 Å². The molecule has 7 nitrogen and oxygen atoms in total. The van der Waals surface area contributed by atoms with Crippen LogP contribution in [0.1, 0.15) is 57.6 Å². The fraction of sp³-hybridized carbons (Fsp3) is 0.636. The first-order chi connectivity index (χ1) is 13.8. The van der Waals surface area contributed by atoms with Gasteiger partial charge in [-0.15, -0.1) is 0 Å². The summed E-state index contributed by atoms with van der Waals surface area (Å²) in [4.78, 5) is 25.7. The highest BCUT2D eigenvalue weighted by atomic mass is 16.6. The Hall–Kier alpha value is -2.44. The number of carbonyl (C=O) groups excluding carboxylic acids is 2. The standard InChI is InChI=1S/C22H31N3O4/c1-22(2,3)29-20(26)24-16-9-7-15(8-10-16)23-19-6-4-5-14-12-25-17(11-18(14)19)13-28-21(25)27/h4-6,15-17,23H,7-13H2,1-3H3,(H,24,26)/t15-,16-,17-/m1/s1. The monoisotopic (exact) mass is 401 g/mol. The molecule has 2 amide bonds. The highest BCUT2D eigenvalue weighted by molar-refractivity contribution is 5.72. The fourth-order valence-electron chi connectivity index (χ4n) is 4.51. The van der Waals surface area contributed by atoms with E-state index in [-0.39, 0.29) is 24.3 Å². The summed E-state index contributed by atoms with van der Waals surface area (Å²) in [5.74, 6) is 0. The number of carbonyl (C=O) groups is 2. The molecule has 1 aliphatic carbocycles. The number of fused-ring (bicyclic) bond motifs is 2. The van der Waals surface area contributed by atoms with Gasteiger partial charge >= 0.3 is 12.2 Å². The maximum absolute atomic E-state index is 12.0. The molecule has 0 aromatic heterocycles. The Morgan fingerprint density at radius 2 is 1.90 bits per heavy atom. The first-order valence-electron chi connectivity index (χ1n) is 10.6. The van der Waals surface area contributed by atoms with Crippen LogP contribution in [0.5, 0.6) is 0 Å². The maximum atomic E-state index is 12.0. The third-order valence-corrected chi connectivity index (χ3v) is 5.94. The second kappa shape index (κ2) is 7.76. The van der Waals surface area contributed by atoms with E-state index >= 15 is 0 Å². The summed E-state index contributed by atoms with van der Waals surface area (Å²) in [5.41, 5.74) is 3.20. The molecule has 3 aliphatic rings. The van der Waals surface area contributed by atoms with Gasteiger partial charge < -0.3 is 20.1 Å². The molecule has 0 spiro atoms. The SMILES string of the molecule is CC(C)(C)OC(=O)N[C@H]1CC[C@H](Nc2cccc3c2C[C@@H]2COC(=O)N2C3)CC1. The number of anilines is 1. The molecule has 1 saturated heterocycles. The number of nitrogens with one attached hydrogen (secondary N) is 2. The first-order valence-corrected chi connectivity index (χ1v) is 10.6. The minimum Gasteiger partial charge on any atom is -0.447 e. The van der Waals surface area contributed by atoms with Gasteiger partial charge in [-0.05, 0) is 70.1 Å². The van der Waals surface area contributed by atoms with E-state index < -0.39 is 5.60 Å². The second-order valence-corrected chi connectivity index (χ2v) is 9.35. The zero-order valence-corrected chi connectivity index (χ0v) is 17.5. The topological polar surface area (TPSA) is 79.9 Å². The predicted molar refractivity (Wildman–Crippen MR) is 110 cm³/mol. The Labute approximate surface area is 172 Å². The van der Waals surface area contributed by atoms with Crippen LogP contribution in [0.2, 0.25) is 0 Å². The maximum Gasteiger partial charge on any atom is 0.410 e. The van der Waals surface area contributed by atoms with Gasteiger partial charge in [-0.3, -0.25) is 4.90 Å². The Morgan fingerprint density at radius 1 is 1.17 bits per heavy atom. The highest BCUT2D eigenvalue weighted by Gasteiger charge is 2.37. The van der Waals surface area contributed by atoms with E-state index in [9.17, 15) is 9.59 Å². The molecule has 1 aromatic carbocycles. The largest absolute Gasteiger partial charge is 0.447 e. The van der Waals surface area contributed by atoms with Crippen molar-refractivity contribution in [3.8, 4) is 0 Å². The Kier molecular flexibility index (Phi) is 5.32. The van der Waals surface area contributed by atoms with Gasteiger partial charge in [0.1, 0.15) is 12.2 Å². The molecular formula is C22H31N3O4. The van der Waals surface area contributed by atoms with E-state index in [0.29, 0.717) is 19.2 Å². The van der Waals surface area contributed by atoms with Crippen molar-refractivity contribution in [3.63, 3.8) is 0 Å². The van der Waals surface area contributed by atoms with E-state index in [1.54, 1.807) is 0 Å². The van der Waals surface area contributed by atoms with Gasteiger partial charge in [0, 0.05) is 24.3 Å². The minimum absolute atomic E-state index is 0.145. The number of hydrogen-bond donors (Lipinski definition) is 2. The number of rotatable bonds is 3. The average molecular weight is 402 g/mol. The Morgan fingerprint density at radius 3 is 2.62 bits per heavy atom. The summed E-state index contributed by atoms with van der Waals surface area (Å²) in [6, 6.07) is 6.99. The minimum atomic E-state index is -0.472. The lowest BCUT2D eigenvalue weighted by Gasteiger charge is -2.34. The van der Waals surface area contributed by atoms with E-state index in [2.05, 4.69) is 28.8 Å². The number of alkyl carbamates (subject to hydrolysis) is 1. The number of ether oxygens (including phenoxy) is 2. The van der Waals surface area contributed by atoms with E-state index in [1.165, 1.54) is 16.8 Å². The van der Waals surface area contributed by atoms with Crippen LogP contribution >= 0.6 is 0 Å². The summed E-state index contributed by atoms with van der Waals surface area (Å²) in [5, 5.41) is 6.72. The van der Waals surface area contributed by atoms with Gasteiger partial charge in [0.15, 0.2) is 0 Å². The lowest BCUT2D eigenvalue weighted by atomic mass is 9.89. The molecular weight excluding hydrogens is 370 g/mol. The van der Waals surface area contributed by atoms with Crippen LogP contribution in [-0.4, -0.2) is 47.4 Å². The van der Waals surface area contributed by atoms with Crippen molar-refractivity contribution in [1.29, 1.82) is 0 Å². The summed E-state index contributed by atoms with van der Waals surface area (Å²) in [7, 11) is 0. The number of amides is 2. The lowest BCUT2D eigenvalue weighted by molar-refractivity contribution is 0.0492.